The summed E-state index contributed by atoms with van der Waals surface area (Å²) in [6.45, 7) is 3.95. The van der Waals surface area contributed by atoms with Crippen LogP contribution in [0.25, 0.3) is 0 Å². The predicted molar refractivity (Wildman–Crippen MR) is 127 cm³/mol. The summed E-state index contributed by atoms with van der Waals surface area (Å²) in [4.78, 5) is 47.8. The third-order valence-corrected chi connectivity index (χ3v) is 5.10. The highest BCUT2D eigenvalue weighted by molar-refractivity contribution is 6.35. The number of hydrazone groups is 1. The van der Waals surface area contributed by atoms with Gasteiger partial charge in [-0.25, -0.2) is 11.3 Å². The van der Waals surface area contributed by atoms with E-state index >= 15 is 0 Å². The Bertz CT molecular complexity index is 1070. The Balaban J connectivity index is 1.99. The van der Waals surface area contributed by atoms with Gasteiger partial charge >= 0.3 is 11.8 Å². The Morgan fingerprint density at radius 2 is 1.64 bits per heavy atom. The van der Waals surface area contributed by atoms with Gasteiger partial charge in [-0.05, 0) is 74.2 Å². The van der Waals surface area contributed by atoms with E-state index in [-0.39, 0.29) is 31.0 Å². The number of hydrogen-bond acceptors (Lipinski definition) is 6. The van der Waals surface area contributed by atoms with Crippen LogP contribution in [0.2, 0.25) is 5.02 Å². The third kappa shape index (κ3) is 8.47. The molecule has 0 unspecified atom stereocenters. The molecular weight excluding hydrogens is 446 g/mol. The molecular formula is C23H26ClN5O4. The largest absolute Gasteiger partial charge is 0.330 e. The van der Waals surface area contributed by atoms with Crippen molar-refractivity contribution in [3.8, 4) is 0 Å². The zero-order valence-electron chi connectivity index (χ0n) is 18.4. The van der Waals surface area contributed by atoms with Crippen LogP contribution in [0.1, 0.15) is 47.2 Å². The van der Waals surface area contributed by atoms with Crippen LogP contribution in [0.15, 0.2) is 47.6 Å². The van der Waals surface area contributed by atoms with Gasteiger partial charge in [0.15, 0.2) is 5.78 Å². The van der Waals surface area contributed by atoms with Crippen molar-refractivity contribution < 1.29 is 19.2 Å². The van der Waals surface area contributed by atoms with Gasteiger partial charge in [-0.15, -0.1) is 0 Å². The van der Waals surface area contributed by atoms with Crippen LogP contribution < -0.4 is 22.0 Å². The molecule has 0 saturated heterocycles. The molecule has 5 N–H and O–H groups in total. The van der Waals surface area contributed by atoms with E-state index in [2.05, 4.69) is 15.8 Å². The summed E-state index contributed by atoms with van der Waals surface area (Å²) < 4.78 is 0. The van der Waals surface area contributed by atoms with Crippen molar-refractivity contribution in [3.63, 3.8) is 0 Å². The van der Waals surface area contributed by atoms with Crippen molar-refractivity contribution in [2.45, 2.75) is 39.5 Å². The van der Waals surface area contributed by atoms with Crippen LogP contribution >= 0.6 is 11.6 Å². The lowest BCUT2D eigenvalue weighted by Crippen LogP contribution is -2.41. The van der Waals surface area contributed by atoms with E-state index in [1.54, 1.807) is 29.7 Å². The number of halogens is 1. The lowest BCUT2D eigenvalue weighted by atomic mass is 10.0. The minimum atomic E-state index is -1.07. The van der Waals surface area contributed by atoms with E-state index in [4.69, 9.17) is 17.4 Å². The zero-order chi connectivity index (χ0) is 24.4. The number of rotatable bonds is 9. The second-order valence-electron chi connectivity index (χ2n) is 7.40. The fraction of sp³-hybridized carbons (Fsp3) is 0.261. The number of nitrogens with zero attached hydrogens (tertiary/aromatic N) is 1. The summed E-state index contributed by atoms with van der Waals surface area (Å²) in [5.74, 6) is 2.35. The molecule has 2 aromatic carbocycles. The highest BCUT2D eigenvalue weighted by atomic mass is 35.5. The SMILES string of the molecule is Cc1ccc(NC(=O)CCC/C(CC(=O)c2ccc(Cl)cc2)=N\NC(=O)C(=O)NN)cc1C. The molecule has 0 spiro atoms. The number of hydrogen-bond donors (Lipinski definition) is 4. The Morgan fingerprint density at radius 3 is 2.27 bits per heavy atom. The Hall–Kier alpha value is -3.56. The summed E-state index contributed by atoms with van der Waals surface area (Å²) in [7, 11) is 0. The number of nitrogens with two attached hydrogens (primary N) is 1. The summed E-state index contributed by atoms with van der Waals surface area (Å²) >= 11 is 5.85. The molecule has 10 heteroatoms. The summed E-state index contributed by atoms with van der Waals surface area (Å²) in [5, 5.41) is 7.23. The van der Waals surface area contributed by atoms with Crippen molar-refractivity contribution in [2.75, 3.05) is 5.32 Å². The molecule has 0 atom stereocenters. The van der Waals surface area contributed by atoms with E-state index in [1.165, 1.54) is 0 Å². The first-order chi connectivity index (χ1) is 15.7. The maximum absolute atomic E-state index is 12.6. The first-order valence-corrected chi connectivity index (χ1v) is 10.6. The first kappa shape index (κ1) is 25.7. The van der Waals surface area contributed by atoms with E-state index in [0.29, 0.717) is 28.4 Å². The number of anilines is 1. The van der Waals surface area contributed by atoms with Gasteiger partial charge in [0, 0.05) is 28.4 Å². The van der Waals surface area contributed by atoms with Crippen molar-refractivity contribution in [1.29, 1.82) is 0 Å². The van der Waals surface area contributed by atoms with Gasteiger partial charge in [0.25, 0.3) is 0 Å². The third-order valence-electron chi connectivity index (χ3n) is 4.84. The van der Waals surface area contributed by atoms with Gasteiger partial charge < -0.3 is 5.32 Å². The van der Waals surface area contributed by atoms with Crippen molar-refractivity contribution in [2.24, 2.45) is 10.9 Å². The van der Waals surface area contributed by atoms with Crippen molar-refractivity contribution >= 4 is 46.5 Å². The van der Waals surface area contributed by atoms with Crippen LogP contribution in [0, 0.1) is 13.8 Å². The Labute approximate surface area is 196 Å². The molecule has 33 heavy (non-hydrogen) atoms. The molecule has 174 valence electrons. The number of hydrazine groups is 1. The second-order valence-corrected chi connectivity index (χ2v) is 7.84. The zero-order valence-corrected chi connectivity index (χ0v) is 19.2. The number of benzene rings is 2. The number of carbonyl (C=O) groups is 4. The number of amides is 3. The smallest absolute Gasteiger partial charge is 0.326 e. The number of ketones is 1. The molecule has 2 aromatic rings. The molecule has 0 aromatic heterocycles. The summed E-state index contributed by atoms with van der Waals surface area (Å²) in [5.41, 5.74) is 7.40. The molecule has 0 bridgehead atoms. The van der Waals surface area contributed by atoms with Crippen molar-refractivity contribution in [1.82, 2.24) is 10.9 Å². The quantitative estimate of drug-likeness (QED) is 0.111. The average molecular weight is 472 g/mol. The minimum Gasteiger partial charge on any atom is -0.326 e. The van der Waals surface area contributed by atoms with Crippen LogP contribution in [-0.2, 0) is 14.4 Å². The molecule has 0 saturated carbocycles. The number of Topliss-reactive ketones (excluding diaryl/α,β-unsaturated/α-hetero) is 1. The van der Waals surface area contributed by atoms with E-state index in [0.717, 1.165) is 11.1 Å². The van der Waals surface area contributed by atoms with Gasteiger partial charge in [-0.2, -0.15) is 5.10 Å². The molecule has 0 aliphatic rings. The number of nitrogens with one attached hydrogen (secondary N) is 3. The van der Waals surface area contributed by atoms with Gasteiger partial charge in [0.2, 0.25) is 5.91 Å². The highest BCUT2D eigenvalue weighted by Crippen LogP contribution is 2.16. The van der Waals surface area contributed by atoms with Crippen LogP contribution in [0.5, 0.6) is 0 Å². The fourth-order valence-corrected chi connectivity index (χ4v) is 2.97. The molecule has 2 rings (SSSR count). The average Bonchev–Trinajstić information content (AvgIpc) is 2.79. The molecule has 0 aliphatic carbocycles. The number of carbonyl (C=O) groups excluding carboxylic acids is 4. The maximum atomic E-state index is 12.6. The standard InChI is InChI=1S/C23H26ClN5O4/c1-14-6-11-18(12-15(14)2)26-21(31)5-3-4-19(28-29-23(33)22(32)27-25)13-20(30)16-7-9-17(24)10-8-16/h6-12H,3-5,13,25H2,1-2H3,(H,26,31)(H,27,32)(H,29,33)/b28-19+. The predicted octanol–water partition coefficient (Wildman–Crippen LogP) is 2.80. The topological polar surface area (TPSA) is 143 Å². The first-order valence-electron chi connectivity index (χ1n) is 10.2. The van der Waals surface area contributed by atoms with Gasteiger partial charge in [0.05, 0.1) is 6.42 Å². The van der Waals surface area contributed by atoms with Gasteiger partial charge in [-0.1, -0.05) is 17.7 Å². The van der Waals surface area contributed by atoms with E-state index in [9.17, 15) is 19.2 Å². The van der Waals surface area contributed by atoms with E-state index < -0.39 is 11.8 Å². The summed E-state index contributed by atoms with van der Waals surface area (Å²) in [6.07, 6.45) is 0.704. The Kier molecular flexibility index (Phi) is 9.71. The van der Waals surface area contributed by atoms with Crippen LogP contribution in [0.4, 0.5) is 5.69 Å². The van der Waals surface area contributed by atoms with Gasteiger partial charge in [0.1, 0.15) is 0 Å². The monoisotopic (exact) mass is 471 g/mol. The lowest BCUT2D eigenvalue weighted by Gasteiger charge is -2.09. The molecule has 0 aliphatic heterocycles. The normalized spacial score (nSPS) is 11.0. The molecule has 9 nitrogen and oxygen atoms in total. The molecule has 0 heterocycles. The van der Waals surface area contributed by atoms with Crippen molar-refractivity contribution in [3.05, 3.63) is 64.2 Å². The fourth-order valence-electron chi connectivity index (χ4n) is 2.85. The highest BCUT2D eigenvalue weighted by Gasteiger charge is 2.15. The summed E-state index contributed by atoms with van der Waals surface area (Å²) in [6, 6.07) is 12.0. The maximum Gasteiger partial charge on any atom is 0.330 e. The molecule has 3 amide bonds. The van der Waals surface area contributed by atoms with Crippen LogP contribution in [-0.4, -0.2) is 29.2 Å². The Morgan fingerprint density at radius 1 is 0.939 bits per heavy atom. The molecule has 0 radical (unpaired) electrons. The lowest BCUT2D eigenvalue weighted by molar-refractivity contribution is -0.139. The van der Waals surface area contributed by atoms with Gasteiger partial charge in [-0.3, -0.25) is 24.6 Å². The second kappa shape index (κ2) is 12.5. The number of aryl methyl sites for hydroxylation is 2. The van der Waals surface area contributed by atoms with E-state index in [1.807, 2.05) is 32.0 Å². The minimum absolute atomic E-state index is 0.106. The van der Waals surface area contributed by atoms with Crippen LogP contribution in [0.3, 0.4) is 0 Å². The molecule has 0 fully saturated rings.